The van der Waals surface area contributed by atoms with E-state index in [1.165, 1.54) is 0 Å². The number of carbonyl (C=O) groups is 1. The quantitative estimate of drug-likeness (QED) is 0.274. The van der Waals surface area contributed by atoms with E-state index in [1.807, 2.05) is 53.4 Å². The molecule has 0 radical (unpaired) electrons. The van der Waals surface area contributed by atoms with Gasteiger partial charge in [0.25, 0.3) is 5.91 Å². The Labute approximate surface area is 253 Å². The van der Waals surface area contributed by atoms with Crippen LogP contribution in [0.1, 0.15) is 43.4 Å². The number of benzene rings is 3. The van der Waals surface area contributed by atoms with Gasteiger partial charge in [0.05, 0.1) is 25.5 Å². The summed E-state index contributed by atoms with van der Waals surface area (Å²) in [5.41, 5.74) is 3.21. The van der Waals surface area contributed by atoms with Crippen molar-refractivity contribution in [2.24, 2.45) is 11.8 Å². The van der Waals surface area contributed by atoms with E-state index in [-0.39, 0.29) is 24.5 Å². The summed E-state index contributed by atoms with van der Waals surface area (Å²) in [6.45, 7) is 7.85. The van der Waals surface area contributed by atoms with Gasteiger partial charge in [0, 0.05) is 42.1 Å². The maximum atomic E-state index is 13.0. The van der Waals surface area contributed by atoms with Crippen LogP contribution in [0.25, 0.3) is 0 Å². The first kappa shape index (κ1) is 29.6. The molecule has 0 spiro atoms. The third kappa shape index (κ3) is 6.94. The summed E-state index contributed by atoms with van der Waals surface area (Å²) in [7, 11) is 1.68. The van der Waals surface area contributed by atoms with E-state index in [1.54, 1.807) is 13.2 Å². The van der Waals surface area contributed by atoms with Gasteiger partial charge in [-0.3, -0.25) is 4.79 Å². The van der Waals surface area contributed by atoms with E-state index in [4.69, 9.17) is 37.4 Å². The number of hydrogen-bond donors (Lipinski definition) is 0. The Balaban J connectivity index is 1.18. The monoisotopic (exact) mass is 596 g/mol. The second-order valence-electron chi connectivity index (χ2n) is 11.2. The maximum absolute atomic E-state index is 13.0. The Morgan fingerprint density at radius 1 is 1.00 bits per heavy atom. The minimum Gasteiger partial charge on any atom is -0.495 e. The highest BCUT2D eigenvalue weighted by atomic mass is 35.5. The SMILES string of the molecule is COc1ccccc1N1CCN(C(=O)COc2cccc([C@@H]3OC[C@@H](c4ccc(Cl)cc4Cl)C[C@H]3C(C)C)c2)CC1. The van der Waals surface area contributed by atoms with Crippen LogP contribution in [0.4, 0.5) is 5.69 Å². The van der Waals surface area contributed by atoms with E-state index >= 15 is 0 Å². The Kier molecular flexibility index (Phi) is 9.64. The van der Waals surface area contributed by atoms with Crippen LogP contribution in [0.5, 0.6) is 11.5 Å². The maximum Gasteiger partial charge on any atom is 0.260 e. The van der Waals surface area contributed by atoms with Crippen molar-refractivity contribution in [3.05, 3.63) is 87.9 Å². The molecule has 3 atom stereocenters. The molecule has 0 unspecified atom stereocenters. The van der Waals surface area contributed by atoms with Gasteiger partial charge in [-0.15, -0.1) is 0 Å². The summed E-state index contributed by atoms with van der Waals surface area (Å²) >= 11 is 12.7. The number of para-hydroxylation sites is 2. The molecule has 5 rings (SSSR count). The number of methoxy groups -OCH3 is 1. The Morgan fingerprint density at radius 2 is 1.78 bits per heavy atom. The van der Waals surface area contributed by atoms with Gasteiger partial charge in [-0.2, -0.15) is 0 Å². The van der Waals surface area contributed by atoms with Crippen molar-refractivity contribution in [3.8, 4) is 11.5 Å². The fraction of sp³-hybridized carbons (Fsp3) is 0.424. The van der Waals surface area contributed by atoms with E-state index in [2.05, 4.69) is 30.9 Å². The van der Waals surface area contributed by atoms with Crippen LogP contribution in [-0.2, 0) is 9.53 Å². The van der Waals surface area contributed by atoms with Gasteiger partial charge in [0.1, 0.15) is 11.5 Å². The minimum atomic E-state index is -0.0559. The highest BCUT2D eigenvalue weighted by Crippen LogP contribution is 2.45. The van der Waals surface area contributed by atoms with Gasteiger partial charge in [0.15, 0.2) is 6.61 Å². The third-order valence-electron chi connectivity index (χ3n) is 8.29. The number of piperazine rings is 1. The lowest BCUT2D eigenvalue weighted by atomic mass is 9.76. The normalized spacial score (nSPS) is 21.2. The van der Waals surface area contributed by atoms with Crippen LogP contribution in [0.3, 0.4) is 0 Å². The molecule has 2 saturated heterocycles. The van der Waals surface area contributed by atoms with Gasteiger partial charge in [-0.1, -0.05) is 67.4 Å². The van der Waals surface area contributed by atoms with Gasteiger partial charge in [-0.25, -0.2) is 0 Å². The van der Waals surface area contributed by atoms with Crippen LogP contribution >= 0.6 is 23.2 Å². The zero-order valence-corrected chi connectivity index (χ0v) is 25.4. The molecule has 41 heavy (non-hydrogen) atoms. The summed E-state index contributed by atoms with van der Waals surface area (Å²) in [4.78, 5) is 17.1. The molecular formula is C33H38Cl2N2O4. The topological polar surface area (TPSA) is 51.2 Å². The van der Waals surface area contributed by atoms with E-state index < -0.39 is 0 Å². The van der Waals surface area contributed by atoms with Crippen LogP contribution < -0.4 is 14.4 Å². The van der Waals surface area contributed by atoms with Crippen molar-refractivity contribution in [2.45, 2.75) is 32.3 Å². The molecule has 2 aliphatic heterocycles. The number of hydrogen-bond acceptors (Lipinski definition) is 5. The molecule has 3 aromatic rings. The van der Waals surface area contributed by atoms with E-state index in [0.717, 1.165) is 42.1 Å². The average molecular weight is 598 g/mol. The lowest BCUT2D eigenvalue weighted by Crippen LogP contribution is -2.50. The van der Waals surface area contributed by atoms with E-state index in [0.29, 0.717) is 47.3 Å². The van der Waals surface area contributed by atoms with Gasteiger partial charge in [0.2, 0.25) is 0 Å². The fourth-order valence-corrected chi connectivity index (χ4v) is 6.55. The predicted octanol–water partition coefficient (Wildman–Crippen LogP) is 7.25. The van der Waals surface area contributed by atoms with Gasteiger partial charge in [-0.05, 0) is 65.8 Å². The first-order chi connectivity index (χ1) is 19.8. The van der Waals surface area contributed by atoms with Crippen molar-refractivity contribution in [1.82, 2.24) is 4.90 Å². The first-order valence-electron chi connectivity index (χ1n) is 14.3. The average Bonchev–Trinajstić information content (AvgIpc) is 3.00. The van der Waals surface area contributed by atoms with Gasteiger partial charge < -0.3 is 24.0 Å². The minimum absolute atomic E-state index is 0.00765. The molecule has 0 aliphatic carbocycles. The second-order valence-corrected chi connectivity index (χ2v) is 12.0. The zero-order valence-electron chi connectivity index (χ0n) is 23.9. The number of halogens is 2. The van der Waals surface area contributed by atoms with Crippen molar-refractivity contribution >= 4 is 34.8 Å². The predicted molar refractivity (Wildman–Crippen MR) is 165 cm³/mol. The number of rotatable bonds is 8. The Bertz CT molecular complexity index is 1340. The molecule has 3 aromatic carbocycles. The largest absolute Gasteiger partial charge is 0.495 e. The molecular weight excluding hydrogens is 559 g/mol. The number of anilines is 1. The first-order valence-corrected chi connectivity index (χ1v) is 15.0. The number of nitrogens with zero attached hydrogens (tertiary/aromatic N) is 2. The van der Waals surface area contributed by atoms with Crippen LogP contribution in [-0.4, -0.2) is 57.3 Å². The Hall–Kier alpha value is -2.93. The standard InChI is InChI=1S/C33H38Cl2N2O4/c1-22(2)28-18-24(27-12-11-25(34)19-29(27)35)20-41-33(28)23-7-6-8-26(17-23)40-21-32(38)37-15-13-36(14-16-37)30-9-4-5-10-31(30)39-3/h4-12,17,19,22,24,28,33H,13-16,18,20-21H2,1-3H3/t24-,28-,33-/m0/s1. The molecule has 2 fully saturated rings. The van der Waals surface area contributed by atoms with Crippen LogP contribution in [0.15, 0.2) is 66.7 Å². The third-order valence-corrected chi connectivity index (χ3v) is 8.85. The highest BCUT2D eigenvalue weighted by molar-refractivity contribution is 6.35. The number of ether oxygens (including phenoxy) is 3. The van der Waals surface area contributed by atoms with Crippen LogP contribution in [0.2, 0.25) is 10.0 Å². The summed E-state index contributed by atoms with van der Waals surface area (Å²) in [5.74, 6) is 2.45. The fourth-order valence-electron chi connectivity index (χ4n) is 5.98. The summed E-state index contributed by atoms with van der Waals surface area (Å²) in [6, 6.07) is 21.7. The molecule has 8 heteroatoms. The van der Waals surface area contributed by atoms with Crippen molar-refractivity contribution in [3.63, 3.8) is 0 Å². The highest BCUT2D eigenvalue weighted by Gasteiger charge is 2.36. The lowest BCUT2D eigenvalue weighted by molar-refractivity contribution is -0.133. The molecule has 0 saturated carbocycles. The van der Waals surface area contributed by atoms with E-state index in [9.17, 15) is 4.79 Å². The summed E-state index contributed by atoms with van der Waals surface area (Å²) in [6.07, 6.45) is 0.910. The molecule has 0 aromatic heterocycles. The number of carbonyl (C=O) groups excluding carboxylic acids is 1. The molecule has 2 aliphatic rings. The van der Waals surface area contributed by atoms with Crippen LogP contribution in [0, 0.1) is 11.8 Å². The molecule has 0 bridgehead atoms. The zero-order chi connectivity index (χ0) is 28.9. The second kappa shape index (κ2) is 13.4. The smallest absolute Gasteiger partial charge is 0.260 e. The Morgan fingerprint density at radius 3 is 2.51 bits per heavy atom. The molecule has 0 N–H and O–H groups in total. The summed E-state index contributed by atoms with van der Waals surface area (Å²) in [5, 5.41) is 1.33. The van der Waals surface area contributed by atoms with Crippen molar-refractivity contribution in [2.75, 3.05) is 51.4 Å². The molecule has 1 amide bonds. The molecule has 2 heterocycles. The number of amides is 1. The molecule has 6 nitrogen and oxygen atoms in total. The van der Waals surface area contributed by atoms with Crippen molar-refractivity contribution in [1.29, 1.82) is 0 Å². The van der Waals surface area contributed by atoms with Gasteiger partial charge >= 0.3 is 0 Å². The summed E-state index contributed by atoms with van der Waals surface area (Å²) < 4.78 is 18.0. The lowest BCUT2D eigenvalue weighted by Gasteiger charge is -2.39. The van der Waals surface area contributed by atoms with Crippen molar-refractivity contribution < 1.29 is 19.0 Å². The molecule has 218 valence electrons.